The number of amides is 4. The molecular weight excluding hydrogens is 500 g/mol. The van der Waals surface area contributed by atoms with E-state index in [2.05, 4.69) is 36.4 Å². The molecule has 1 saturated carbocycles. The molecule has 6 atom stereocenters. The molecule has 0 N–H and O–H groups in total. The average molecular weight is 527 g/mol. The van der Waals surface area contributed by atoms with Gasteiger partial charge in [0, 0.05) is 11.8 Å². The Kier molecular flexibility index (Phi) is 4.07. The Labute approximate surface area is 231 Å². The minimum absolute atomic E-state index is 0.0655. The van der Waals surface area contributed by atoms with Gasteiger partial charge in [0.25, 0.3) is 0 Å². The van der Waals surface area contributed by atoms with Crippen molar-refractivity contribution in [1.29, 1.82) is 0 Å². The maximum absolute atomic E-state index is 14.2. The van der Waals surface area contributed by atoms with Crippen LogP contribution in [0, 0.1) is 35.0 Å². The summed E-state index contributed by atoms with van der Waals surface area (Å²) >= 11 is 0. The minimum Gasteiger partial charge on any atom is -0.274 e. The molecule has 5 aliphatic carbocycles. The van der Waals surface area contributed by atoms with Crippen LogP contribution >= 0.6 is 0 Å². The second kappa shape index (κ2) is 7.25. The van der Waals surface area contributed by atoms with Crippen molar-refractivity contribution >= 4 is 35.0 Å². The summed E-state index contributed by atoms with van der Waals surface area (Å²) < 4.78 is 0. The Hall–Kier alpha value is -4.32. The fourth-order valence-electron chi connectivity index (χ4n) is 9.25. The van der Waals surface area contributed by atoms with Crippen LogP contribution in [0.5, 0.6) is 0 Å². The highest BCUT2D eigenvalue weighted by Crippen LogP contribution is 2.62. The molecule has 4 amide bonds. The largest absolute Gasteiger partial charge is 0.274 e. The predicted molar refractivity (Wildman–Crippen MR) is 147 cm³/mol. The molecule has 6 nitrogen and oxygen atoms in total. The predicted octanol–water partition coefficient (Wildman–Crippen LogP) is 4.78. The van der Waals surface area contributed by atoms with Crippen molar-refractivity contribution in [3.63, 3.8) is 0 Å². The Morgan fingerprint density at radius 1 is 0.650 bits per heavy atom. The van der Waals surface area contributed by atoms with Crippen LogP contribution in [0.25, 0.3) is 0 Å². The molecule has 0 spiro atoms. The standard InChI is InChI=1S/C34H26N2O4/c1-34-18-14-13-17(15-18)29(34)32(39)36(33(34)40)20-8-6-7-19(16-20)35-30(37)27-25-21-9-2-3-10-22(21)26(28(27)31(35)38)24-12-5-4-11-23(24)25/h2-14,16-18,25-29H,15H2,1H3/t17-,18-,25?,26?,27+,28+,29+,34+/m0/s1. The molecule has 196 valence electrons. The van der Waals surface area contributed by atoms with Crippen LogP contribution in [0.4, 0.5) is 11.4 Å². The quantitative estimate of drug-likeness (QED) is 0.356. The van der Waals surface area contributed by atoms with Gasteiger partial charge in [-0.15, -0.1) is 0 Å². The summed E-state index contributed by atoms with van der Waals surface area (Å²) in [6.45, 7) is 1.92. The van der Waals surface area contributed by atoms with Gasteiger partial charge in [-0.3, -0.25) is 19.2 Å². The van der Waals surface area contributed by atoms with E-state index in [9.17, 15) is 19.2 Å². The van der Waals surface area contributed by atoms with E-state index in [1.165, 1.54) is 9.80 Å². The van der Waals surface area contributed by atoms with E-state index in [1.807, 2.05) is 31.2 Å². The van der Waals surface area contributed by atoms with E-state index in [0.717, 1.165) is 28.7 Å². The summed E-state index contributed by atoms with van der Waals surface area (Å²) in [6, 6.07) is 23.2. The highest BCUT2D eigenvalue weighted by molar-refractivity contribution is 6.26. The zero-order chi connectivity index (χ0) is 27.1. The van der Waals surface area contributed by atoms with Gasteiger partial charge in [-0.2, -0.15) is 0 Å². The number of allylic oxidation sites excluding steroid dienone is 2. The molecule has 10 rings (SSSR count). The van der Waals surface area contributed by atoms with E-state index in [4.69, 9.17) is 0 Å². The summed E-state index contributed by atoms with van der Waals surface area (Å²) in [6.07, 6.45) is 5.01. The number of benzene rings is 3. The van der Waals surface area contributed by atoms with Crippen LogP contribution < -0.4 is 9.80 Å². The summed E-state index contributed by atoms with van der Waals surface area (Å²) in [4.78, 5) is 58.3. The molecule has 0 radical (unpaired) electrons. The molecule has 2 saturated heterocycles. The second-order valence-electron chi connectivity index (χ2n) is 12.4. The van der Waals surface area contributed by atoms with Crippen LogP contribution in [0.1, 0.15) is 47.4 Å². The number of carbonyl (C=O) groups excluding carboxylic acids is 4. The van der Waals surface area contributed by atoms with E-state index in [-0.39, 0.29) is 53.2 Å². The third kappa shape index (κ3) is 2.39. The third-order valence-electron chi connectivity index (χ3n) is 10.9. The van der Waals surface area contributed by atoms with E-state index >= 15 is 0 Å². The van der Waals surface area contributed by atoms with Gasteiger partial charge in [0.05, 0.1) is 34.5 Å². The summed E-state index contributed by atoms with van der Waals surface area (Å²) in [5, 5.41) is 0. The molecule has 0 aromatic heterocycles. The second-order valence-corrected chi connectivity index (χ2v) is 12.4. The fraction of sp³-hybridized carbons (Fsp3) is 0.294. The van der Waals surface area contributed by atoms with Crippen molar-refractivity contribution < 1.29 is 19.2 Å². The van der Waals surface area contributed by atoms with Crippen LogP contribution in [-0.2, 0) is 19.2 Å². The molecular formula is C34H26N2O4. The maximum atomic E-state index is 14.2. The van der Waals surface area contributed by atoms with Crippen LogP contribution in [0.15, 0.2) is 84.9 Å². The maximum Gasteiger partial charge on any atom is 0.241 e. The van der Waals surface area contributed by atoms with E-state index in [1.54, 1.807) is 24.3 Å². The van der Waals surface area contributed by atoms with Crippen molar-refractivity contribution in [2.24, 2.45) is 35.0 Å². The van der Waals surface area contributed by atoms with Gasteiger partial charge in [-0.05, 0) is 65.6 Å². The lowest BCUT2D eigenvalue weighted by molar-refractivity contribution is -0.127. The number of hydrogen-bond donors (Lipinski definition) is 0. The molecule has 2 heterocycles. The normalized spacial score (nSPS) is 35.9. The molecule has 3 fully saturated rings. The Bertz CT molecular complexity index is 1640. The Morgan fingerprint density at radius 2 is 1.18 bits per heavy atom. The zero-order valence-electron chi connectivity index (χ0n) is 21.9. The van der Waals surface area contributed by atoms with E-state index in [0.29, 0.717) is 11.4 Å². The number of anilines is 2. The lowest BCUT2D eigenvalue weighted by Gasteiger charge is -2.45. The number of hydrogen-bond acceptors (Lipinski definition) is 4. The van der Waals surface area contributed by atoms with E-state index < -0.39 is 17.3 Å². The van der Waals surface area contributed by atoms with Crippen LogP contribution in [0.2, 0.25) is 0 Å². The van der Waals surface area contributed by atoms with Gasteiger partial charge in [-0.1, -0.05) is 66.7 Å². The van der Waals surface area contributed by atoms with Crippen LogP contribution in [0.3, 0.4) is 0 Å². The van der Waals surface area contributed by atoms with Crippen molar-refractivity contribution in [3.8, 4) is 0 Å². The number of fused-ring (bicyclic) bond motifs is 5. The highest BCUT2D eigenvalue weighted by atomic mass is 16.2. The molecule has 3 aromatic carbocycles. The first kappa shape index (κ1) is 22.5. The smallest absolute Gasteiger partial charge is 0.241 e. The van der Waals surface area contributed by atoms with Crippen molar-refractivity contribution in [1.82, 2.24) is 0 Å². The first-order valence-corrected chi connectivity index (χ1v) is 14.1. The monoisotopic (exact) mass is 526 g/mol. The van der Waals surface area contributed by atoms with Crippen LogP contribution in [-0.4, -0.2) is 23.6 Å². The number of carbonyl (C=O) groups is 4. The van der Waals surface area contributed by atoms with Crippen molar-refractivity contribution in [2.75, 3.05) is 9.80 Å². The lowest BCUT2D eigenvalue weighted by Crippen LogP contribution is -2.41. The number of imide groups is 2. The molecule has 40 heavy (non-hydrogen) atoms. The minimum atomic E-state index is -0.739. The molecule has 0 unspecified atom stereocenters. The number of nitrogens with zero attached hydrogens (tertiary/aromatic N) is 2. The Morgan fingerprint density at radius 3 is 1.70 bits per heavy atom. The average Bonchev–Trinajstić information content (AvgIpc) is 3.69. The molecule has 4 bridgehead atoms. The summed E-state index contributed by atoms with van der Waals surface area (Å²) in [7, 11) is 0. The van der Waals surface area contributed by atoms with Gasteiger partial charge in [-0.25, -0.2) is 9.80 Å². The molecule has 3 aromatic rings. The zero-order valence-corrected chi connectivity index (χ0v) is 21.9. The van der Waals surface area contributed by atoms with Crippen molar-refractivity contribution in [2.45, 2.75) is 25.2 Å². The SMILES string of the molecule is C[C@]12C(=O)N(c3cccc(N4C(=O)[C@@H]5C6c7ccccc7C(c7ccccc76)[C@H]5C4=O)c3)C(=O)[C@H]1[C@H]1C=C[C@H]2C1. The summed E-state index contributed by atoms with van der Waals surface area (Å²) in [5.74, 6) is -2.34. The summed E-state index contributed by atoms with van der Waals surface area (Å²) in [5.41, 5.74) is 4.60. The number of rotatable bonds is 2. The first-order valence-electron chi connectivity index (χ1n) is 14.1. The Balaban J connectivity index is 1.12. The van der Waals surface area contributed by atoms with Gasteiger partial charge >= 0.3 is 0 Å². The van der Waals surface area contributed by atoms with Gasteiger partial charge < -0.3 is 0 Å². The molecule has 2 aliphatic heterocycles. The first-order chi connectivity index (χ1) is 19.4. The van der Waals surface area contributed by atoms with Gasteiger partial charge in [0.1, 0.15) is 0 Å². The lowest BCUT2D eigenvalue weighted by atomic mass is 9.55. The van der Waals surface area contributed by atoms with Gasteiger partial charge in [0.15, 0.2) is 0 Å². The van der Waals surface area contributed by atoms with Gasteiger partial charge in [0.2, 0.25) is 23.6 Å². The molecule has 7 aliphatic rings. The fourth-order valence-corrected chi connectivity index (χ4v) is 9.25. The van der Waals surface area contributed by atoms with Crippen molar-refractivity contribution in [3.05, 3.63) is 107 Å². The third-order valence-corrected chi connectivity index (χ3v) is 10.9. The highest BCUT2D eigenvalue weighted by Gasteiger charge is 2.67. The molecule has 6 heteroatoms. The topological polar surface area (TPSA) is 74.8 Å².